The maximum atomic E-state index is 9.77. The van der Waals surface area contributed by atoms with Gasteiger partial charge in [-0.2, -0.15) is 0 Å². The molecule has 108 valence electrons. The third-order valence-electron chi connectivity index (χ3n) is 2.75. The van der Waals surface area contributed by atoms with Gasteiger partial charge in [0, 0.05) is 13.1 Å². The van der Waals surface area contributed by atoms with Crippen molar-refractivity contribution in [3.8, 4) is 0 Å². The third kappa shape index (κ3) is 7.28. The fourth-order valence-corrected chi connectivity index (χ4v) is 1.68. The smallest absolute Gasteiger partial charge is 0.0898 e. The quantitative estimate of drug-likeness (QED) is 0.668. The van der Waals surface area contributed by atoms with Gasteiger partial charge >= 0.3 is 0 Å². The van der Waals surface area contributed by atoms with E-state index in [9.17, 15) is 10.2 Å². The number of aliphatic hydroxyl groups excluding tert-OH is 1. The van der Waals surface area contributed by atoms with Crippen LogP contribution in [0.25, 0.3) is 0 Å². The number of hydrogen-bond acceptors (Lipinski definition) is 4. The van der Waals surface area contributed by atoms with Crippen molar-refractivity contribution in [2.45, 2.75) is 38.6 Å². The van der Waals surface area contributed by atoms with Crippen LogP contribution in [0.5, 0.6) is 0 Å². The molecule has 19 heavy (non-hydrogen) atoms. The minimum absolute atomic E-state index is 0.0369. The first kappa shape index (κ1) is 16.1. The van der Waals surface area contributed by atoms with Crippen LogP contribution in [0.4, 0.5) is 0 Å². The summed E-state index contributed by atoms with van der Waals surface area (Å²) >= 11 is 0. The average Bonchev–Trinajstić information content (AvgIpc) is 2.35. The minimum atomic E-state index is -0.766. The Bertz CT molecular complexity index is 348. The number of hydrogen-bond donors (Lipinski definition) is 3. The van der Waals surface area contributed by atoms with Crippen LogP contribution < -0.4 is 5.32 Å². The van der Waals surface area contributed by atoms with Gasteiger partial charge in [-0.05, 0) is 26.3 Å². The molecular weight excluding hydrogens is 242 g/mol. The zero-order chi connectivity index (χ0) is 14.3. The first-order chi connectivity index (χ1) is 8.88. The summed E-state index contributed by atoms with van der Waals surface area (Å²) in [5.74, 6) is 0. The molecule has 1 aromatic carbocycles. The highest BCUT2D eigenvalue weighted by Gasteiger charge is 2.13. The van der Waals surface area contributed by atoms with Gasteiger partial charge in [0.25, 0.3) is 0 Å². The fourth-order valence-electron chi connectivity index (χ4n) is 1.68. The highest BCUT2D eigenvalue weighted by atomic mass is 16.5. The Morgan fingerprint density at radius 2 is 1.89 bits per heavy atom. The Hall–Kier alpha value is -0.940. The molecule has 4 nitrogen and oxygen atoms in total. The molecule has 0 heterocycles. The Balaban J connectivity index is 2.21. The highest BCUT2D eigenvalue weighted by Crippen LogP contribution is 2.15. The second kappa shape index (κ2) is 7.60. The van der Waals surface area contributed by atoms with Gasteiger partial charge in [0.2, 0.25) is 0 Å². The molecule has 0 aromatic heterocycles. The normalized spacial score (nSPS) is 15.2. The zero-order valence-corrected chi connectivity index (χ0v) is 12.0. The molecule has 0 spiro atoms. The van der Waals surface area contributed by atoms with Crippen molar-refractivity contribution in [3.63, 3.8) is 0 Å². The second-order valence-corrected chi connectivity index (χ2v) is 5.48. The fraction of sp³-hybridized carbons (Fsp3) is 0.600. The molecule has 2 unspecified atom stereocenters. The van der Waals surface area contributed by atoms with E-state index in [1.165, 1.54) is 0 Å². The molecule has 0 bridgehead atoms. The van der Waals surface area contributed by atoms with Crippen LogP contribution in [-0.2, 0) is 4.74 Å². The Morgan fingerprint density at radius 1 is 1.26 bits per heavy atom. The molecule has 0 saturated carbocycles. The first-order valence-electron chi connectivity index (χ1n) is 6.66. The van der Waals surface area contributed by atoms with E-state index < -0.39 is 11.7 Å². The lowest BCUT2D eigenvalue weighted by Gasteiger charge is -2.20. The van der Waals surface area contributed by atoms with Crippen LogP contribution >= 0.6 is 0 Å². The van der Waals surface area contributed by atoms with Crippen molar-refractivity contribution < 1.29 is 14.9 Å². The number of aliphatic hydroxyl groups is 2. The number of benzene rings is 1. The van der Waals surface area contributed by atoms with Gasteiger partial charge in [-0.15, -0.1) is 0 Å². The average molecular weight is 267 g/mol. The van der Waals surface area contributed by atoms with E-state index in [1.54, 1.807) is 13.8 Å². The molecule has 0 aliphatic carbocycles. The Kier molecular flexibility index (Phi) is 6.45. The highest BCUT2D eigenvalue weighted by molar-refractivity contribution is 5.16. The van der Waals surface area contributed by atoms with Gasteiger partial charge in [0.05, 0.1) is 24.4 Å². The van der Waals surface area contributed by atoms with Crippen LogP contribution in [-0.4, -0.2) is 41.6 Å². The van der Waals surface area contributed by atoms with Gasteiger partial charge in [0.15, 0.2) is 0 Å². The Morgan fingerprint density at radius 3 is 2.47 bits per heavy atom. The van der Waals surface area contributed by atoms with Crippen molar-refractivity contribution in [1.29, 1.82) is 0 Å². The van der Waals surface area contributed by atoms with Gasteiger partial charge in [-0.3, -0.25) is 0 Å². The predicted octanol–water partition coefficient (Wildman–Crippen LogP) is 1.49. The van der Waals surface area contributed by atoms with E-state index in [4.69, 9.17) is 4.74 Å². The number of nitrogens with one attached hydrogen (secondary N) is 1. The molecule has 0 aliphatic heterocycles. The summed E-state index contributed by atoms with van der Waals surface area (Å²) in [5, 5.41) is 22.3. The third-order valence-corrected chi connectivity index (χ3v) is 2.75. The van der Waals surface area contributed by atoms with Crippen molar-refractivity contribution in [3.05, 3.63) is 35.9 Å². The van der Waals surface area contributed by atoms with E-state index in [0.717, 1.165) is 5.56 Å². The van der Waals surface area contributed by atoms with Gasteiger partial charge < -0.3 is 20.3 Å². The van der Waals surface area contributed by atoms with Gasteiger partial charge in [0.1, 0.15) is 0 Å². The molecule has 0 amide bonds. The number of ether oxygens (including phenoxy) is 1. The summed E-state index contributed by atoms with van der Waals surface area (Å²) < 4.78 is 5.62. The van der Waals surface area contributed by atoms with Crippen molar-refractivity contribution in [2.24, 2.45) is 0 Å². The maximum Gasteiger partial charge on any atom is 0.0898 e. The van der Waals surface area contributed by atoms with Crippen LogP contribution in [0, 0.1) is 0 Å². The van der Waals surface area contributed by atoms with E-state index in [1.807, 2.05) is 37.3 Å². The Labute approximate surface area is 115 Å². The SMILES string of the molecule is CC(OCC(O)CNCC(C)(C)O)c1ccccc1. The maximum absolute atomic E-state index is 9.77. The standard InChI is InChI=1S/C15H25NO3/c1-12(13-7-5-4-6-8-13)19-10-14(17)9-16-11-15(2,3)18/h4-8,12,14,16-18H,9-11H2,1-3H3. The van der Waals surface area contributed by atoms with Crippen LogP contribution in [0.15, 0.2) is 30.3 Å². The van der Waals surface area contributed by atoms with E-state index in [2.05, 4.69) is 5.32 Å². The predicted molar refractivity (Wildman–Crippen MR) is 76.0 cm³/mol. The summed E-state index contributed by atoms with van der Waals surface area (Å²) in [7, 11) is 0. The van der Waals surface area contributed by atoms with Gasteiger partial charge in [-0.25, -0.2) is 0 Å². The van der Waals surface area contributed by atoms with E-state index >= 15 is 0 Å². The summed E-state index contributed by atoms with van der Waals surface area (Å²) in [5.41, 5.74) is 0.330. The molecule has 1 rings (SSSR count). The van der Waals surface area contributed by atoms with Gasteiger partial charge in [-0.1, -0.05) is 30.3 Å². The van der Waals surface area contributed by atoms with Crippen LogP contribution in [0.1, 0.15) is 32.4 Å². The summed E-state index contributed by atoms with van der Waals surface area (Å²) in [6, 6.07) is 9.91. The zero-order valence-electron chi connectivity index (χ0n) is 12.0. The lowest BCUT2D eigenvalue weighted by Crippen LogP contribution is -2.39. The summed E-state index contributed by atoms with van der Waals surface area (Å²) in [4.78, 5) is 0. The summed E-state index contributed by atoms with van der Waals surface area (Å²) in [6.45, 7) is 6.53. The minimum Gasteiger partial charge on any atom is -0.389 e. The number of rotatable bonds is 8. The van der Waals surface area contributed by atoms with Crippen molar-refractivity contribution in [2.75, 3.05) is 19.7 Å². The topological polar surface area (TPSA) is 61.7 Å². The monoisotopic (exact) mass is 267 g/mol. The molecule has 4 heteroatoms. The molecule has 3 N–H and O–H groups in total. The van der Waals surface area contributed by atoms with Crippen molar-refractivity contribution >= 4 is 0 Å². The first-order valence-corrected chi connectivity index (χ1v) is 6.66. The lowest BCUT2D eigenvalue weighted by molar-refractivity contribution is -0.00463. The molecule has 0 radical (unpaired) electrons. The van der Waals surface area contributed by atoms with Crippen LogP contribution in [0.2, 0.25) is 0 Å². The van der Waals surface area contributed by atoms with E-state index in [-0.39, 0.29) is 12.7 Å². The summed E-state index contributed by atoms with van der Waals surface area (Å²) in [6.07, 6.45) is -0.612. The van der Waals surface area contributed by atoms with Crippen molar-refractivity contribution in [1.82, 2.24) is 5.32 Å². The van der Waals surface area contributed by atoms with E-state index in [0.29, 0.717) is 13.1 Å². The molecule has 1 aromatic rings. The largest absolute Gasteiger partial charge is 0.389 e. The molecular formula is C15H25NO3. The molecule has 2 atom stereocenters. The van der Waals surface area contributed by atoms with Crippen LogP contribution in [0.3, 0.4) is 0 Å². The lowest BCUT2D eigenvalue weighted by atomic mass is 10.1. The molecule has 0 saturated heterocycles. The molecule has 0 fully saturated rings. The second-order valence-electron chi connectivity index (χ2n) is 5.48. The molecule has 0 aliphatic rings.